The molecule has 0 heterocycles. The Morgan fingerprint density at radius 2 is 1.78 bits per heavy atom. The number of ether oxygens (including phenoxy) is 2. The lowest BCUT2D eigenvalue weighted by molar-refractivity contribution is -0.117. The standard InChI is InChI=1S/C18H15ClF2N2O4/c1-26-15-10-11(2-8-14(15)27-18(20)21)3-9-16(24)22-23-17(25)12-4-6-13(19)7-5-12/h2-10,18H,1H3,(H,22,24)(H,23,25)/b9-3+. The minimum Gasteiger partial charge on any atom is -0.493 e. The zero-order valence-electron chi connectivity index (χ0n) is 14.0. The van der Waals surface area contributed by atoms with Crippen LogP contribution in [-0.2, 0) is 4.79 Å². The van der Waals surface area contributed by atoms with Gasteiger partial charge < -0.3 is 9.47 Å². The van der Waals surface area contributed by atoms with Crippen molar-refractivity contribution in [2.75, 3.05) is 7.11 Å². The van der Waals surface area contributed by atoms with Gasteiger partial charge >= 0.3 is 6.61 Å². The smallest absolute Gasteiger partial charge is 0.387 e. The highest BCUT2D eigenvalue weighted by Crippen LogP contribution is 2.29. The molecular weight excluding hydrogens is 382 g/mol. The van der Waals surface area contributed by atoms with Crippen molar-refractivity contribution in [3.63, 3.8) is 0 Å². The highest BCUT2D eigenvalue weighted by molar-refractivity contribution is 6.30. The summed E-state index contributed by atoms with van der Waals surface area (Å²) in [6.45, 7) is -2.98. The van der Waals surface area contributed by atoms with Gasteiger partial charge in [0.15, 0.2) is 11.5 Å². The number of carbonyl (C=O) groups excluding carboxylic acids is 2. The summed E-state index contributed by atoms with van der Waals surface area (Å²) in [6, 6.07) is 10.3. The van der Waals surface area contributed by atoms with Crippen LogP contribution < -0.4 is 20.3 Å². The van der Waals surface area contributed by atoms with E-state index in [0.29, 0.717) is 16.1 Å². The molecule has 9 heteroatoms. The van der Waals surface area contributed by atoms with Gasteiger partial charge in [-0.25, -0.2) is 0 Å². The van der Waals surface area contributed by atoms with Crippen LogP contribution in [0, 0.1) is 0 Å². The van der Waals surface area contributed by atoms with Crippen molar-refractivity contribution in [3.05, 3.63) is 64.7 Å². The van der Waals surface area contributed by atoms with Crippen molar-refractivity contribution in [2.45, 2.75) is 6.61 Å². The maximum Gasteiger partial charge on any atom is 0.387 e. The molecule has 2 N–H and O–H groups in total. The molecule has 142 valence electrons. The molecule has 0 saturated carbocycles. The Labute approximate surface area is 158 Å². The van der Waals surface area contributed by atoms with Crippen LogP contribution >= 0.6 is 11.6 Å². The number of hydrogen-bond acceptors (Lipinski definition) is 4. The van der Waals surface area contributed by atoms with Crippen molar-refractivity contribution < 1.29 is 27.8 Å². The van der Waals surface area contributed by atoms with Gasteiger partial charge in [0.2, 0.25) is 0 Å². The number of hydrazine groups is 1. The second-order valence-corrected chi connectivity index (χ2v) is 5.51. The molecule has 27 heavy (non-hydrogen) atoms. The third-order valence-corrected chi connectivity index (χ3v) is 3.49. The normalized spacial score (nSPS) is 10.7. The highest BCUT2D eigenvalue weighted by atomic mass is 35.5. The Hall–Kier alpha value is -3.13. The second kappa shape index (κ2) is 9.54. The van der Waals surface area contributed by atoms with Crippen LogP contribution in [-0.4, -0.2) is 25.5 Å². The molecule has 2 aromatic carbocycles. The summed E-state index contributed by atoms with van der Waals surface area (Å²) >= 11 is 5.73. The van der Waals surface area contributed by atoms with Crippen molar-refractivity contribution in [1.82, 2.24) is 10.9 Å². The molecule has 0 unspecified atom stereocenters. The van der Waals surface area contributed by atoms with Gasteiger partial charge in [0.05, 0.1) is 7.11 Å². The maximum absolute atomic E-state index is 12.3. The largest absolute Gasteiger partial charge is 0.493 e. The van der Waals surface area contributed by atoms with Crippen LogP contribution in [0.2, 0.25) is 5.02 Å². The van der Waals surface area contributed by atoms with Crippen molar-refractivity contribution in [3.8, 4) is 11.5 Å². The molecule has 2 aromatic rings. The van der Waals surface area contributed by atoms with Gasteiger partial charge in [0.1, 0.15) is 0 Å². The first-order valence-electron chi connectivity index (χ1n) is 7.56. The van der Waals surface area contributed by atoms with E-state index in [-0.39, 0.29) is 11.5 Å². The first-order valence-corrected chi connectivity index (χ1v) is 7.93. The van der Waals surface area contributed by atoms with E-state index in [9.17, 15) is 18.4 Å². The fraction of sp³-hybridized carbons (Fsp3) is 0.111. The molecule has 0 aliphatic carbocycles. The number of alkyl halides is 2. The number of methoxy groups -OCH3 is 1. The highest BCUT2D eigenvalue weighted by Gasteiger charge is 2.10. The molecule has 0 saturated heterocycles. The summed E-state index contributed by atoms with van der Waals surface area (Å²) in [5.41, 5.74) is 5.29. The molecule has 0 spiro atoms. The Morgan fingerprint density at radius 1 is 1.07 bits per heavy atom. The zero-order valence-corrected chi connectivity index (χ0v) is 14.8. The van der Waals surface area contributed by atoms with E-state index in [0.717, 1.165) is 6.08 Å². The topological polar surface area (TPSA) is 76.7 Å². The van der Waals surface area contributed by atoms with E-state index in [1.54, 1.807) is 12.1 Å². The van der Waals surface area contributed by atoms with Crippen LogP contribution in [0.5, 0.6) is 11.5 Å². The van der Waals surface area contributed by atoms with Gasteiger partial charge in [-0.2, -0.15) is 8.78 Å². The average Bonchev–Trinajstić information content (AvgIpc) is 2.65. The summed E-state index contributed by atoms with van der Waals surface area (Å²) in [5, 5.41) is 0.485. The summed E-state index contributed by atoms with van der Waals surface area (Å²) in [6.07, 6.45) is 2.57. The third kappa shape index (κ3) is 6.27. The van der Waals surface area contributed by atoms with Crippen LogP contribution in [0.1, 0.15) is 15.9 Å². The fourth-order valence-corrected chi connectivity index (χ4v) is 2.11. The number of amides is 2. The van der Waals surface area contributed by atoms with E-state index < -0.39 is 18.4 Å². The van der Waals surface area contributed by atoms with E-state index >= 15 is 0 Å². The van der Waals surface area contributed by atoms with Gasteiger partial charge in [-0.3, -0.25) is 20.4 Å². The van der Waals surface area contributed by atoms with Crippen LogP contribution in [0.15, 0.2) is 48.5 Å². The molecule has 0 atom stereocenters. The van der Waals surface area contributed by atoms with E-state index in [2.05, 4.69) is 15.6 Å². The number of benzene rings is 2. The van der Waals surface area contributed by atoms with Crippen molar-refractivity contribution >= 4 is 29.5 Å². The van der Waals surface area contributed by atoms with E-state index in [1.807, 2.05) is 0 Å². The van der Waals surface area contributed by atoms with E-state index in [1.165, 1.54) is 43.5 Å². The second-order valence-electron chi connectivity index (χ2n) is 5.07. The number of nitrogens with one attached hydrogen (secondary N) is 2. The lowest BCUT2D eigenvalue weighted by Crippen LogP contribution is -2.40. The lowest BCUT2D eigenvalue weighted by Gasteiger charge is -2.10. The number of hydrogen-bond donors (Lipinski definition) is 2. The third-order valence-electron chi connectivity index (χ3n) is 3.24. The van der Waals surface area contributed by atoms with E-state index in [4.69, 9.17) is 16.3 Å². The molecule has 0 aromatic heterocycles. The minimum atomic E-state index is -2.98. The monoisotopic (exact) mass is 396 g/mol. The number of carbonyl (C=O) groups is 2. The predicted octanol–water partition coefficient (Wildman–Crippen LogP) is 3.42. The molecule has 0 aliphatic heterocycles. The molecule has 0 bridgehead atoms. The Balaban J connectivity index is 1.94. The fourth-order valence-electron chi connectivity index (χ4n) is 1.99. The molecule has 0 fully saturated rings. The molecular formula is C18H15ClF2N2O4. The Morgan fingerprint density at radius 3 is 2.41 bits per heavy atom. The molecule has 2 amide bonds. The Bertz CT molecular complexity index is 842. The maximum atomic E-state index is 12.3. The van der Waals surface area contributed by atoms with Crippen molar-refractivity contribution in [2.24, 2.45) is 0 Å². The predicted molar refractivity (Wildman–Crippen MR) is 95.7 cm³/mol. The zero-order chi connectivity index (χ0) is 19.8. The lowest BCUT2D eigenvalue weighted by atomic mass is 10.2. The van der Waals surface area contributed by atoms with Crippen LogP contribution in [0.25, 0.3) is 6.08 Å². The van der Waals surface area contributed by atoms with Gasteiger partial charge in [-0.05, 0) is 48.0 Å². The molecule has 0 radical (unpaired) electrons. The summed E-state index contributed by atoms with van der Waals surface area (Å²) in [5.74, 6) is -1.13. The number of halogens is 3. The van der Waals surface area contributed by atoms with Gasteiger partial charge in [-0.15, -0.1) is 0 Å². The number of rotatable bonds is 6. The first-order chi connectivity index (χ1) is 12.9. The molecule has 2 rings (SSSR count). The first kappa shape index (κ1) is 20.2. The summed E-state index contributed by atoms with van der Waals surface area (Å²) < 4.78 is 33.9. The summed E-state index contributed by atoms with van der Waals surface area (Å²) in [4.78, 5) is 23.6. The quantitative estimate of drug-likeness (QED) is 0.579. The summed E-state index contributed by atoms with van der Waals surface area (Å²) in [7, 11) is 1.31. The van der Waals surface area contributed by atoms with Gasteiger partial charge in [-0.1, -0.05) is 17.7 Å². The van der Waals surface area contributed by atoms with Crippen molar-refractivity contribution in [1.29, 1.82) is 0 Å². The SMILES string of the molecule is COc1cc(/C=C/C(=O)NNC(=O)c2ccc(Cl)cc2)ccc1OC(F)F. The Kier molecular flexibility index (Phi) is 7.13. The van der Waals surface area contributed by atoms with Crippen LogP contribution in [0.3, 0.4) is 0 Å². The van der Waals surface area contributed by atoms with Gasteiger partial charge in [0.25, 0.3) is 11.8 Å². The minimum absolute atomic E-state index is 0.0916. The van der Waals surface area contributed by atoms with Crippen LogP contribution in [0.4, 0.5) is 8.78 Å². The van der Waals surface area contributed by atoms with Gasteiger partial charge in [0, 0.05) is 16.7 Å². The molecule has 0 aliphatic rings. The molecule has 6 nitrogen and oxygen atoms in total. The average molecular weight is 397 g/mol.